The fraction of sp³-hybridized carbons (Fsp3) is 0.316. The zero-order valence-electron chi connectivity index (χ0n) is 14.1. The summed E-state index contributed by atoms with van der Waals surface area (Å²) in [6.07, 6.45) is 0.811. The van der Waals surface area contributed by atoms with E-state index in [1.807, 2.05) is 55.6 Å². The van der Waals surface area contributed by atoms with Crippen LogP contribution in [-0.2, 0) is 17.8 Å². The zero-order chi connectivity index (χ0) is 17.4. The summed E-state index contributed by atoms with van der Waals surface area (Å²) in [6.45, 7) is 1.88. The molecule has 2 aromatic rings. The number of carbonyl (C=O) groups is 1. The van der Waals surface area contributed by atoms with E-state index in [-0.39, 0.29) is 5.91 Å². The summed E-state index contributed by atoms with van der Waals surface area (Å²) >= 11 is 5.88. The van der Waals surface area contributed by atoms with E-state index in [2.05, 4.69) is 5.32 Å². The molecule has 0 aliphatic heterocycles. The number of carbonyl (C=O) groups excluding carboxylic acids is 1. The van der Waals surface area contributed by atoms with Gasteiger partial charge in [-0.15, -0.1) is 0 Å². The van der Waals surface area contributed by atoms with Crippen LogP contribution in [0.25, 0.3) is 0 Å². The third-order valence-corrected chi connectivity index (χ3v) is 4.03. The van der Waals surface area contributed by atoms with Gasteiger partial charge in [-0.2, -0.15) is 0 Å². The largest absolute Gasteiger partial charge is 0.497 e. The fourth-order valence-electron chi connectivity index (χ4n) is 2.49. The van der Waals surface area contributed by atoms with Gasteiger partial charge in [0.25, 0.3) is 5.91 Å². The maximum absolute atomic E-state index is 12.0. The number of rotatable bonds is 8. The highest BCUT2D eigenvalue weighted by molar-refractivity contribution is 6.30. The van der Waals surface area contributed by atoms with Crippen LogP contribution in [0.2, 0.25) is 5.02 Å². The number of nitrogens with one attached hydrogen (secondary N) is 2. The number of hydrogen-bond donors (Lipinski definition) is 2. The average Bonchev–Trinajstić information content (AvgIpc) is 2.57. The Balaban J connectivity index is 1.69. The van der Waals surface area contributed by atoms with Crippen LogP contribution in [0.5, 0.6) is 5.75 Å². The van der Waals surface area contributed by atoms with Gasteiger partial charge in [0.2, 0.25) is 0 Å². The van der Waals surface area contributed by atoms with Crippen molar-refractivity contribution in [2.75, 3.05) is 27.2 Å². The second kappa shape index (κ2) is 9.30. The second-order valence-corrected chi connectivity index (χ2v) is 6.32. The van der Waals surface area contributed by atoms with E-state index < -0.39 is 0 Å². The van der Waals surface area contributed by atoms with Crippen LogP contribution in [0.15, 0.2) is 48.5 Å². The van der Waals surface area contributed by atoms with Crippen LogP contribution in [0.1, 0.15) is 11.1 Å². The Bertz CT molecular complexity index is 641. The Labute approximate surface area is 148 Å². The van der Waals surface area contributed by atoms with Gasteiger partial charge in [0.05, 0.1) is 14.2 Å². The standard InChI is InChI=1S/C19H23ClN2O2/c1-22(13-16-3-7-17(20)8-4-16)14-19(23)21-12-11-15-5-9-18(24-2)10-6-15/h3-10H,11-14H2,1-2H3,(H,21,23)/p+1. The van der Waals surface area contributed by atoms with Crippen LogP contribution in [0.3, 0.4) is 0 Å². The minimum Gasteiger partial charge on any atom is -0.497 e. The normalized spacial score (nSPS) is 11.8. The Morgan fingerprint density at radius 3 is 2.33 bits per heavy atom. The molecule has 24 heavy (non-hydrogen) atoms. The molecule has 0 radical (unpaired) electrons. The van der Waals surface area contributed by atoms with Crippen molar-refractivity contribution in [3.63, 3.8) is 0 Å². The second-order valence-electron chi connectivity index (χ2n) is 5.89. The molecule has 1 amide bonds. The van der Waals surface area contributed by atoms with E-state index in [0.29, 0.717) is 13.1 Å². The van der Waals surface area contributed by atoms with Crippen LogP contribution in [0.4, 0.5) is 0 Å². The zero-order valence-corrected chi connectivity index (χ0v) is 14.9. The maximum Gasteiger partial charge on any atom is 0.275 e. The average molecular weight is 348 g/mol. The Morgan fingerprint density at radius 1 is 1.08 bits per heavy atom. The summed E-state index contributed by atoms with van der Waals surface area (Å²) in [5.41, 5.74) is 2.35. The van der Waals surface area contributed by atoms with Crippen molar-refractivity contribution in [1.82, 2.24) is 5.32 Å². The van der Waals surface area contributed by atoms with Crippen LogP contribution >= 0.6 is 11.6 Å². The molecule has 2 rings (SSSR count). The van der Waals surface area contributed by atoms with Gasteiger partial charge < -0.3 is 15.0 Å². The quantitative estimate of drug-likeness (QED) is 0.763. The molecule has 0 saturated carbocycles. The van der Waals surface area contributed by atoms with E-state index >= 15 is 0 Å². The third-order valence-electron chi connectivity index (χ3n) is 3.78. The first kappa shape index (κ1) is 18.3. The lowest BCUT2D eigenvalue weighted by atomic mass is 10.1. The minimum atomic E-state index is 0.0648. The van der Waals surface area contributed by atoms with Gasteiger partial charge in [0.1, 0.15) is 12.3 Å². The number of likely N-dealkylation sites (N-methyl/N-ethyl adjacent to an activating group) is 1. The topological polar surface area (TPSA) is 42.8 Å². The minimum absolute atomic E-state index is 0.0648. The summed E-state index contributed by atoms with van der Waals surface area (Å²) < 4.78 is 5.13. The number of quaternary nitrogens is 1. The van der Waals surface area contributed by atoms with E-state index in [0.717, 1.165) is 28.6 Å². The number of amides is 1. The van der Waals surface area contributed by atoms with Crippen molar-refractivity contribution >= 4 is 17.5 Å². The molecule has 1 unspecified atom stereocenters. The monoisotopic (exact) mass is 347 g/mol. The Morgan fingerprint density at radius 2 is 1.71 bits per heavy atom. The molecule has 128 valence electrons. The highest BCUT2D eigenvalue weighted by atomic mass is 35.5. The smallest absolute Gasteiger partial charge is 0.275 e. The maximum atomic E-state index is 12.0. The number of ether oxygens (including phenoxy) is 1. The molecule has 2 N–H and O–H groups in total. The highest BCUT2D eigenvalue weighted by Gasteiger charge is 2.10. The first-order chi connectivity index (χ1) is 11.6. The van der Waals surface area contributed by atoms with Gasteiger partial charge in [0.15, 0.2) is 6.54 Å². The molecule has 4 nitrogen and oxygen atoms in total. The van der Waals surface area contributed by atoms with E-state index in [1.54, 1.807) is 7.11 Å². The van der Waals surface area contributed by atoms with Gasteiger partial charge in [-0.05, 0) is 36.2 Å². The first-order valence-electron chi connectivity index (χ1n) is 8.02. The van der Waals surface area contributed by atoms with E-state index in [1.165, 1.54) is 11.1 Å². The first-order valence-corrected chi connectivity index (χ1v) is 8.40. The lowest BCUT2D eigenvalue weighted by Gasteiger charge is -2.14. The van der Waals surface area contributed by atoms with Gasteiger partial charge in [-0.25, -0.2) is 0 Å². The van der Waals surface area contributed by atoms with Crippen molar-refractivity contribution in [3.05, 3.63) is 64.7 Å². The molecule has 0 aliphatic carbocycles. The molecule has 0 bridgehead atoms. The molecule has 0 spiro atoms. The summed E-state index contributed by atoms with van der Waals surface area (Å²) in [6, 6.07) is 15.6. The highest BCUT2D eigenvalue weighted by Crippen LogP contribution is 2.11. The molecule has 0 aliphatic rings. The summed E-state index contributed by atoms with van der Waals surface area (Å²) in [5, 5.41) is 3.70. The van der Waals surface area contributed by atoms with Gasteiger partial charge in [0, 0.05) is 17.1 Å². The predicted octanol–water partition coefficient (Wildman–Crippen LogP) is 1.72. The van der Waals surface area contributed by atoms with Crippen molar-refractivity contribution < 1.29 is 14.4 Å². The molecule has 1 atom stereocenters. The van der Waals surface area contributed by atoms with Crippen LogP contribution in [0, 0.1) is 0 Å². The molecule has 0 fully saturated rings. The molecule has 0 heterocycles. The van der Waals surface area contributed by atoms with E-state index in [4.69, 9.17) is 16.3 Å². The lowest BCUT2D eigenvalue weighted by Crippen LogP contribution is -3.08. The SMILES string of the molecule is COc1ccc(CCNC(=O)C[NH+](C)Cc2ccc(Cl)cc2)cc1. The predicted molar refractivity (Wildman–Crippen MR) is 96.6 cm³/mol. The molecular weight excluding hydrogens is 324 g/mol. The van der Waals surface area contributed by atoms with Gasteiger partial charge in [-0.3, -0.25) is 4.79 Å². The molecule has 0 saturated heterocycles. The molecular formula is C19H24ClN2O2+. The molecule has 0 aromatic heterocycles. The lowest BCUT2D eigenvalue weighted by molar-refractivity contribution is -0.885. The summed E-state index contributed by atoms with van der Waals surface area (Å²) in [5.74, 6) is 0.908. The van der Waals surface area contributed by atoms with E-state index in [9.17, 15) is 4.79 Å². The third kappa shape index (κ3) is 6.22. The Hall–Kier alpha value is -2.04. The van der Waals surface area contributed by atoms with Crippen molar-refractivity contribution in [3.8, 4) is 5.75 Å². The number of methoxy groups -OCH3 is 1. The molecule has 2 aromatic carbocycles. The Kier molecular flexibility index (Phi) is 7.09. The number of hydrogen-bond acceptors (Lipinski definition) is 2. The van der Waals surface area contributed by atoms with Crippen LogP contribution < -0.4 is 15.0 Å². The van der Waals surface area contributed by atoms with Crippen molar-refractivity contribution in [2.45, 2.75) is 13.0 Å². The van der Waals surface area contributed by atoms with Crippen molar-refractivity contribution in [2.24, 2.45) is 0 Å². The van der Waals surface area contributed by atoms with Gasteiger partial charge >= 0.3 is 0 Å². The van der Waals surface area contributed by atoms with Crippen LogP contribution in [-0.4, -0.2) is 33.2 Å². The molecule has 5 heteroatoms. The van der Waals surface area contributed by atoms with Gasteiger partial charge in [-0.1, -0.05) is 35.9 Å². The summed E-state index contributed by atoms with van der Waals surface area (Å²) in [4.78, 5) is 13.2. The van der Waals surface area contributed by atoms with Crippen molar-refractivity contribution in [1.29, 1.82) is 0 Å². The fourth-order valence-corrected chi connectivity index (χ4v) is 2.61. The number of benzene rings is 2. The summed E-state index contributed by atoms with van der Waals surface area (Å²) in [7, 11) is 3.66. The number of halogens is 1.